The second kappa shape index (κ2) is 10.6. The largest absolute Gasteiger partial charge is 0.497 e. The molecule has 26 heavy (non-hydrogen) atoms. The summed E-state index contributed by atoms with van der Waals surface area (Å²) < 4.78 is 5.26. The van der Waals surface area contributed by atoms with Crippen LogP contribution in [0.2, 0.25) is 0 Å². The van der Waals surface area contributed by atoms with Crippen LogP contribution in [0.4, 0.5) is 0 Å². The molecule has 0 aliphatic carbocycles. The summed E-state index contributed by atoms with van der Waals surface area (Å²) in [7, 11) is 3.55. The molecule has 5 nitrogen and oxygen atoms in total. The van der Waals surface area contributed by atoms with Crippen molar-refractivity contribution < 1.29 is 9.53 Å². The molecule has 7 heteroatoms. The fourth-order valence-corrected chi connectivity index (χ4v) is 3.04. The van der Waals surface area contributed by atoms with Crippen molar-refractivity contribution in [3.63, 3.8) is 0 Å². The Hall–Kier alpha value is -1.53. The number of halogens is 2. The highest BCUT2D eigenvalue weighted by molar-refractivity contribution is 5.86. The third-order valence-corrected chi connectivity index (χ3v) is 4.53. The monoisotopic (exact) mass is 399 g/mol. The van der Waals surface area contributed by atoms with Crippen molar-refractivity contribution in [2.45, 2.75) is 6.54 Å². The average molecular weight is 400 g/mol. The number of benzene rings is 2. The summed E-state index contributed by atoms with van der Waals surface area (Å²) >= 11 is 0. The van der Waals surface area contributed by atoms with Crippen LogP contribution in [0.1, 0.15) is 5.56 Å². The number of rotatable bonds is 5. The first-order valence-electron chi connectivity index (χ1n) is 8.39. The fraction of sp³-hybridized carbons (Fsp3) is 0.421. The van der Waals surface area contributed by atoms with Gasteiger partial charge in [-0.2, -0.15) is 0 Å². The zero-order valence-electron chi connectivity index (χ0n) is 15.2. The minimum absolute atomic E-state index is 0. The second-order valence-electron chi connectivity index (χ2n) is 6.32. The van der Waals surface area contributed by atoms with Gasteiger partial charge in [0, 0.05) is 39.8 Å². The van der Waals surface area contributed by atoms with Crippen LogP contribution < -0.4 is 10.1 Å². The molecule has 1 heterocycles. The molecule has 0 saturated carbocycles. The summed E-state index contributed by atoms with van der Waals surface area (Å²) in [5, 5.41) is 5.62. The van der Waals surface area contributed by atoms with Crippen molar-refractivity contribution in [3.8, 4) is 5.75 Å². The summed E-state index contributed by atoms with van der Waals surface area (Å²) in [6.07, 6.45) is 0. The molecule has 3 rings (SSSR count). The van der Waals surface area contributed by atoms with Gasteiger partial charge in [0.2, 0.25) is 5.91 Å². The first-order chi connectivity index (χ1) is 11.7. The topological polar surface area (TPSA) is 44.8 Å². The average Bonchev–Trinajstić information content (AvgIpc) is 2.62. The molecule has 144 valence electrons. The molecule has 1 aliphatic rings. The molecule has 0 spiro atoms. The quantitative estimate of drug-likeness (QED) is 0.838. The number of piperazine rings is 1. The minimum Gasteiger partial charge on any atom is -0.497 e. The number of likely N-dealkylation sites (N-methyl/N-ethyl adjacent to an activating group) is 1. The van der Waals surface area contributed by atoms with E-state index in [9.17, 15) is 4.79 Å². The molecule has 1 amide bonds. The molecule has 0 bridgehead atoms. The number of carbonyl (C=O) groups is 1. The van der Waals surface area contributed by atoms with Gasteiger partial charge in [0.05, 0.1) is 13.7 Å². The standard InChI is InChI=1S/C19H25N3O2.2ClH/c1-21(19(23)14-22-9-7-20-8-10-22)13-15-3-4-17-12-18(24-2)6-5-16(17)11-15;;/h3-6,11-12,20H,7-10,13-14H2,1-2H3;2*1H. The number of hydrogen-bond acceptors (Lipinski definition) is 4. The highest BCUT2D eigenvalue weighted by Crippen LogP contribution is 2.22. The number of fused-ring (bicyclic) bond motifs is 1. The SMILES string of the molecule is COc1ccc2cc(CN(C)C(=O)CN3CCNCC3)ccc2c1.Cl.Cl. The van der Waals surface area contributed by atoms with Gasteiger partial charge in [-0.1, -0.05) is 18.2 Å². The molecule has 1 fully saturated rings. The molecule has 0 aromatic heterocycles. The van der Waals surface area contributed by atoms with E-state index in [0.29, 0.717) is 13.1 Å². The number of nitrogens with one attached hydrogen (secondary N) is 1. The number of nitrogens with zero attached hydrogens (tertiary/aromatic N) is 2. The van der Waals surface area contributed by atoms with Crippen molar-refractivity contribution in [1.29, 1.82) is 0 Å². The molecule has 2 aromatic carbocycles. The molecule has 0 atom stereocenters. The number of ether oxygens (including phenoxy) is 1. The van der Waals surface area contributed by atoms with E-state index in [0.717, 1.165) is 48.3 Å². The van der Waals surface area contributed by atoms with Crippen LogP contribution in [-0.2, 0) is 11.3 Å². The van der Waals surface area contributed by atoms with Crippen molar-refractivity contribution in [1.82, 2.24) is 15.1 Å². The van der Waals surface area contributed by atoms with E-state index in [2.05, 4.69) is 34.5 Å². The van der Waals surface area contributed by atoms with Crippen molar-refractivity contribution >= 4 is 41.5 Å². The fourth-order valence-electron chi connectivity index (χ4n) is 3.04. The van der Waals surface area contributed by atoms with Gasteiger partial charge in [-0.15, -0.1) is 24.8 Å². The van der Waals surface area contributed by atoms with Crippen LogP contribution in [0.25, 0.3) is 10.8 Å². The van der Waals surface area contributed by atoms with E-state index >= 15 is 0 Å². The van der Waals surface area contributed by atoms with Gasteiger partial charge in [0.25, 0.3) is 0 Å². The van der Waals surface area contributed by atoms with Gasteiger partial charge in [0.15, 0.2) is 0 Å². The Labute approximate surface area is 167 Å². The highest BCUT2D eigenvalue weighted by atomic mass is 35.5. The maximum atomic E-state index is 12.4. The van der Waals surface area contributed by atoms with E-state index in [4.69, 9.17) is 4.74 Å². The van der Waals surface area contributed by atoms with E-state index in [-0.39, 0.29) is 30.7 Å². The molecule has 0 unspecified atom stereocenters. The zero-order valence-corrected chi connectivity index (χ0v) is 16.9. The first-order valence-corrected chi connectivity index (χ1v) is 8.39. The lowest BCUT2D eigenvalue weighted by Gasteiger charge is -2.28. The van der Waals surface area contributed by atoms with E-state index in [1.807, 2.05) is 24.1 Å². The van der Waals surface area contributed by atoms with E-state index < -0.39 is 0 Å². The van der Waals surface area contributed by atoms with Crippen LogP contribution in [0.15, 0.2) is 36.4 Å². The van der Waals surface area contributed by atoms with Crippen LogP contribution in [0.3, 0.4) is 0 Å². The van der Waals surface area contributed by atoms with Crippen molar-refractivity contribution in [2.75, 3.05) is 46.9 Å². The first kappa shape index (κ1) is 22.5. The number of carbonyl (C=O) groups excluding carboxylic acids is 1. The zero-order chi connectivity index (χ0) is 16.9. The highest BCUT2D eigenvalue weighted by Gasteiger charge is 2.16. The third kappa shape index (κ3) is 5.74. The smallest absolute Gasteiger partial charge is 0.236 e. The summed E-state index contributed by atoms with van der Waals surface area (Å²) in [6, 6.07) is 12.4. The van der Waals surface area contributed by atoms with E-state index in [1.54, 1.807) is 7.11 Å². The number of hydrogen-bond donors (Lipinski definition) is 1. The Balaban J connectivity index is 0.00000169. The molecule has 0 radical (unpaired) electrons. The van der Waals surface area contributed by atoms with Gasteiger partial charge in [0.1, 0.15) is 5.75 Å². The normalized spacial score (nSPS) is 14.2. The van der Waals surface area contributed by atoms with E-state index in [1.165, 1.54) is 0 Å². The van der Waals surface area contributed by atoms with Crippen molar-refractivity contribution in [3.05, 3.63) is 42.0 Å². The molecule has 2 aromatic rings. The molecule has 1 N–H and O–H groups in total. The van der Waals surface area contributed by atoms with Gasteiger partial charge in [-0.05, 0) is 34.5 Å². The molecular formula is C19H27Cl2N3O2. The number of amides is 1. The van der Waals surface area contributed by atoms with Gasteiger partial charge in [-0.25, -0.2) is 0 Å². The maximum absolute atomic E-state index is 12.4. The van der Waals surface area contributed by atoms with Crippen LogP contribution in [0.5, 0.6) is 5.75 Å². The van der Waals surface area contributed by atoms with Gasteiger partial charge < -0.3 is 15.0 Å². The van der Waals surface area contributed by atoms with Crippen molar-refractivity contribution in [2.24, 2.45) is 0 Å². The predicted octanol–water partition coefficient (Wildman–Crippen LogP) is 2.56. The Kier molecular flexibility index (Phi) is 9.16. The number of methoxy groups -OCH3 is 1. The molecule has 1 aliphatic heterocycles. The molecular weight excluding hydrogens is 373 g/mol. The minimum atomic E-state index is 0. The lowest BCUT2D eigenvalue weighted by Crippen LogP contribution is -2.47. The summed E-state index contributed by atoms with van der Waals surface area (Å²) in [5.74, 6) is 1.03. The Morgan fingerprint density at radius 2 is 1.77 bits per heavy atom. The predicted molar refractivity (Wildman–Crippen MR) is 111 cm³/mol. The lowest BCUT2D eigenvalue weighted by molar-refractivity contribution is -0.131. The molecule has 1 saturated heterocycles. The summed E-state index contributed by atoms with van der Waals surface area (Å²) in [5.41, 5.74) is 1.14. The lowest BCUT2D eigenvalue weighted by atomic mass is 10.1. The second-order valence-corrected chi connectivity index (χ2v) is 6.32. The van der Waals surface area contributed by atoms with Crippen LogP contribution >= 0.6 is 24.8 Å². The maximum Gasteiger partial charge on any atom is 0.236 e. The summed E-state index contributed by atoms with van der Waals surface area (Å²) in [6.45, 7) is 4.95. The third-order valence-electron chi connectivity index (χ3n) is 4.53. The Morgan fingerprint density at radius 3 is 2.46 bits per heavy atom. The van der Waals surface area contributed by atoms with Crippen LogP contribution in [0, 0.1) is 0 Å². The summed E-state index contributed by atoms with van der Waals surface area (Å²) in [4.78, 5) is 16.4. The Morgan fingerprint density at radius 1 is 1.12 bits per heavy atom. The van der Waals surface area contributed by atoms with Gasteiger partial charge in [-0.3, -0.25) is 9.69 Å². The van der Waals surface area contributed by atoms with Gasteiger partial charge >= 0.3 is 0 Å². The Bertz CT molecular complexity index is 721. The van der Waals surface area contributed by atoms with Crippen LogP contribution in [-0.4, -0.2) is 62.6 Å².